The summed E-state index contributed by atoms with van der Waals surface area (Å²) in [7, 11) is -3.48. The minimum absolute atomic E-state index is 0.211. The van der Waals surface area contributed by atoms with Crippen LogP contribution in [0.4, 0.5) is 4.39 Å². The molecule has 0 aliphatic carbocycles. The summed E-state index contributed by atoms with van der Waals surface area (Å²) in [5.74, 6) is -0.777. The molecule has 124 valence electrons. The summed E-state index contributed by atoms with van der Waals surface area (Å²) in [5, 5.41) is 0. The third-order valence-electron chi connectivity index (χ3n) is 3.98. The molecule has 2 rings (SSSR count). The third-order valence-corrected chi connectivity index (χ3v) is 5.31. The zero-order valence-corrected chi connectivity index (χ0v) is 13.7. The quantitative estimate of drug-likeness (QED) is 0.783. The number of benzene rings is 1. The SMILES string of the molecule is O=S(=O)(Cc1ccccc1F)NCCCN1CCCCCC1. The fourth-order valence-electron chi connectivity index (χ4n) is 2.76. The molecule has 0 amide bonds. The Morgan fingerprint density at radius 2 is 1.77 bits per heavy atom. The Bertz CT molecular complexity index is 555. The largest absolute Gasteiger partial charge is 0.303 e. The molecule has 0 radical (unpaired) electrons. The highest BCUT2D eigenvalue weighted by Gasteiger charge is 2.14. The Kier molecular flexibility index (Phi) is 6.79. The average molecular weight is 328 g/mol. The van der Waals surface area contributed by atoms with Gasteiger partial charge in [0.05, 0.1) is 5.75 Å². The minimum atomic E-state index is -3.48. The lowest BCUT2D eigenvalue weighted by Crippen LogP contribution is -2.31. The molecular weight excluding hydrogens is 303 g/mol. The Balaban J connectivity index is 1.72. The van der Waals surface area contributed by atoms with Gasteiger partial charge in [0.15, 0.2) is 0 Å². The van der Waals surface area contributed by atoms with Crippen LogP contribution in [0.1, 0.15) is 37.7 Å². The molecule has 0 bridgehead atoms. The van der Waals surface area contributed by atoms with Crippen LogP contribution in [0.2, 0.25) is 0 Å². The highest BCUT2D eigenvalue weighted by molar-refractivity contribution is 7.88. The Morgan fingerprint density at radius 1 is 1.09 bits per heavy atom. The van der Waals surface area contributed by atoms with Gasteiger partial charge in [0, 0.05) is 12.1 Å². The van der Waals surface area contributed by atoms with E-state index in [2.05, 4.69) is 9.62 Å². The molecule has 0 saturated carbocycles. The van der Waals surface area contributed by atoms with Crippen molar-refractivity contribution in [2.24, 2.45) is 0 Å². The maximum Gasteiger partial charge on any atom is 0.215 e. The van der Waals surface area contributed by atoms with Gasteiger partial charge in [-0.1, -0.05) is 31.0 Å². The van der Waals surface area contributed by atoms with Crippen molar-refractivity contribution >= 4 is 10.0 Å². The van der Waals surface area contributed by atoms with Gasteiger partial charge < -0.3 is 4.90 Å². The Morgan fingerprint density at radius 3 is 2.45 bits per heavy atom. The maximum absolute atomic E-state index is 13.5. The maximum atomic E-state index is 13.5. The van der Waals surface area contributed by atoms with E-state index >= 15 is 0 Å². The van der Waals surface area contributed by atoms with E-state index in [0.717, 1.165) is 26.1 Å². The number of nitrogens with one attached hydrogen (secondary N) is 1. The molecule has 1 saturated heterocycles. The molecule has 4 nitrogen and oxygen atoms in total. The summed E-state index contributed by atoms with van der Waals surface area (Å²) in [6.45, 7) is 3.56. The van der Waals surface area contributed by atoms with E-state index in [1.54, 1.807) is 12.1 Å². The fourth-order valence-corrected chi connectivity index (χ4v) is 3.96. The van der Waals surface area contributed by atoms with Gasteiger partial charge in [-0.05, 0) is 45.0 Å². The molecule has 1 fully saturated rings. The third kappa shape index (κ3) is 6.02. The highest BCUT2D eigenvalue weighted by atomic mass is 32.2. The van der Waals surface area contributed by atoms with Gasteiger partial charge in [0.25, 0.3) is 0 Å². The van der Waals surface area contributed by atoms with Crippen LogP contribution < -0.4 is 4.72 Å². The Hall–Kier alpha value is -0.980. The first kappa shape index (κ1) is 17.4. The standard InChI is InChI=1S/C16H25FN2O2S/c17-16-9-4-3-8-15(16)14-22(20,21)18-10-7-13-19-11-5-1-2-6-12-19/h3-4,8-9,18H,1-2,5-7,10-14H2. The lowest BCUT2D eigenvalue weighted by Gasteiger charge is -2.19. The van der Waals surface area contributed by atoms with Crippen molar-refractivity contribution in [2.45, 2.75) is 37.9 Å². The van der Waals surface area contributed by atoms with Crippen LogP contribution in [-0.4, -0.2) is 39.5 Å². The van der Waals surface area contributed by atoms with Crippen LogP contribution in [0.3, 0.4) is 0 Å². The summed E-state index contributed by atoms with van der Waals surface area (Å²) in [5.41, 5.74) is 0.211. The monoisotopic (exact) mass is 328 g/mol. The van der Waals surface area contributed by atoms with E-state index in [9.17, 15) is 12.8 Å². The number of nitrogens with zero attached hydrogens (tertiary/aromatic N) is 1. The topological polar surface area (TPSA) is 49.4 Å². The Labute approximate surface area is 132 Å². The lowest BCUT2D eigenvalue weighted by atomic mass is 10.2. The van der Waals surface area contributed by atoms with Gasteiger partial charge in [-0.2, -0.15) is 0 Å². The van der Waals surface area contributed by atoms with E-state index in [1.165, 1.54) is 37.8 Å². The van der Waals surface area contributed by atoms with Crippen molar-refractivity contribution in [3.63, 3.8) is 0 Å². The molecule has 0 atom stereocenters. The molecule has 0 unspecified atom stereocenters. The van der Waals surface area contributed by atoms with Gasteiger partial charge in [-0.25, -0.2) is 17.5 Å². The smallest absolute Gasteiger partial charge is 0.215 e. The van der Waals surface area contributed by atoms with Crippen LogP contribution in [0.15, 0.2) is 24.3 Å². The molecule has 1 aliphatic heterocycles. The summed E-state index contributed by atoms with van der Waals surface area (Å²) < 4.78 is 40.0. The molecule has 1 heterocycles. The van der Waals surface area contributed by atoms with Crippen molar-refractivity contribution < 1.29 is 12.8 Å². The second-order valence-corrected chi connectivity index (χ2v) is 7.66. The van der Waals surface area contributed by atoms with Crippen LogP contribution >= 0.6 is 0 Å². The molecular formula is C16H25FN2O2S. The zero-order valence-electron chi connectivity index (χ0n) is 12.9. The average Bonchev–Trinajstić information content (AvgIpc) is 2.75. The molecule has 0 aromatic heterocycles. The van der Waals surface area contributed by atoms with Crippen molar-refractivity contribution in [1.82, 2.24) is 9.62 Å². The minimum Gasteiger partial charge on any atom is -0.303 e. The van der Waals surface area contributed by atoms with Gasteiger partial charge in [-0.15, -0.1) is 0 Å². The fraction of sp³-hybridized carbons (Fsp3) is 0.625. The molecule has 6 heteroatoms. The first-order chi connectivity index (χ1) is 10.6. The molecule has 1 aliphatic rings. The number of likely N-dealkylation sites (tertiary alicyclic amines) is 1. The van der Waals surface area contributed by atoms with Crippen molar-refractivity contribution in [3.8, 4) is 0 Å². The molecule has 1 aromatic carbocycles. The van der Waals surface area contributed by atoms with E-state index in [4.69, 9.17) is 0 Å². The molecule has 1 aromatic rings. The van der Waals surface area contributed by atoms with Gasteiger partial charge in [-0.3, -0.25) is 0 Å². The summed E-state index contributed by atoms with van der Waals surface area (Å²) in [4.78, 5) is 2.40. The van der Waals surface area contributed by atoms with Crippen LogP contribution in [0.5, 0.6) is 0 Å². The number of hydrogen-bond acceptors (Lipinski definition) is 3. The van der Waals surface area contributed by atoms with Crippen molar-refractivity contribution in [3.05, 3.63) is 35.6 Å². The van der Waals surface area contributed by atoms with Gasteiger partial charge in [0.2, 0.25) is 10.0 Å². The molecule has 22 heavy (non-hydrogen) atoms. The number of halogens is 1. The second-order valence-electron chi connectivity index (χ2n) is 5.85. The van der Waals surface area contributed by atoms with E-state index in [-0.39, 0.29) is 11.3 Å². The predicted molar refractivity (Wildman–Crippen MR) is 86.6 cm³/mol. The van der Waals surface area contributed by atoms with Crippen LogP contribution in [-0.2, 0) is 15.8 Å². The lowest BCUT2D eigenvalue weighted by molar-refractivity contribution is 0.282. The molecule has 1 N–H and O–H groups in total. The number of hydrogen-bond donors (Lipinski definition) is 1. The van der Waals surface area contributed by atoms with Gasteiger partial charge in [0.1, 0.15) is 5.82 Å². The van der Waals surface area contributed by atoms with E-state index in [1.807, 2.05) is 0 Å². The van der Waals surface area contributed by atoms with E-state index < -0.39 is 15.8 Å². The summed E-state index contributed by atoms with van der Waals surface area (Å²) in [6, 6.07) is 5.99. The number of rotatable bonds is 7. The summed E-state index contributed by atoms with van der Waals surface area (Å²) >= 11 is 0. The van der Waals surface area contributed by atoms with Crippen molar-refractivity contribution in [2.75, 3.05) is 26.2 Å². The first-order valence-corrected chi connectivity index (χ1v) is 9.65. The predicted octanol–water partition coefficient (Wildman–Crippen LogP) is 2.51. The van der Waals surface area contributed by atoms with Crippen molar-refractivity contribution in [1.29, 1.82) is 0 Å². The second kappa shape index (κ2) is 8.60. The van der Waals surface area contributed by atoms with E-state index in [0.29, 0.717) is 6.54 Å². The van der Waals surface area contributed by atoms with Gasteiger partial charge >= 0.3 is 0 Å². The zero-order chi connectivity index (χ0) is 15.8. The van der Waals surface area contributed by atoms with Crippen LogP contribution in [0.25, 0.3) is 0 Å². The normalized spacial score (nSPS) is 17.3. The molecule has 0 spiro atoms. The van der Waals surface area contributed by atoms with Crippen LogP contribution in [0, 0.1) is 5.82 Å². The number of sulfonamides is 1. The summed E-state index contributed by atoms with van der Waals surface area (Å²) in [6.07, 6.45) is 5.85. The highest BCUT2D eigenvalue weighted by Crippen LogP contribution is 2.11. The first-order valence-electron chi connectivity index (χ1n) is 8.00.